The predicted molar refractivity (Wildman–Crippen MR) is 204 cm³/mol. The summed E-state index contributed by atoms with van der Waals surface area (Å²) in [7, 11) is 3.07. The first-order valence-electron chi connectivity index (χ1n) is 17.4. The Morgan fingerprint density at radius 1 is 1.09 bits per heavy atom. The van der Waals surface area contributed by atoms with E-state index < -0.39 is 71.4 Å². The van der Waals surface area contributed by atoms with Gasteiger partial charge in [-0.3, -0.25) is 24.1 Å². The minimum atomic E-state index is -3.51. The van der Waals surface area contributed by atoms with Gasteiger partial charge in [0.1, 0.15) is 47.7 Å². The molecule has 1 amide bonds. The van der Waals surface area contributed by atoms with Gasteiger partial charge in [-0.15, -0.1) is 0 Å². The summed E-state index contributed by atoms with van der Waals surface area (Å²) in [6, 6.07) is 7.64. The number of pyridine rings is 1. The van der Waals surface area contributed by atoms with Crippen molar-refractivity contribution < 1.29 is 41.0 Å². The molecule has 5 aromatic rings. The summed E-state index contributed by atoms with van der Waals surface area (Å²) in [5, 5.41) is 19.5. The number of alkyl halides is 4. The van der Waals surface area contributed by atoms with Gasteiger partial charge in [-0.2, -0.15) is 13.9 Å². The van der Waals surface area contributed by atoms with Gasteiger partial charge in [0.2, 0.25) is 5.91 Å². The molecule has 2 aromatic carbocycles. The summed E-state index contributed by atoms with van der Waals surface area (Å²) in [5.41, 5.74) is 1.95. The SMILES string of the molecule is C=O.CC.CN.Cn1[nH]c(=O)c2c(Cl)ccc(-c3ccc(C#CC(C)(C)O)nc3[C@H](Cc3cc(F)cc(F)c3)NC(=O)Cn3nc(C(F)F)c4c3C(F)(F)CC4)c21. The Balaban J connectivity index is 0.00000138. The lowest BCUT2D eigenvalue weighted by atomic mass is 9.93. The van der Waals surface area contributed by atoms with Crippen LogP contribution >= 0.6 is 11.6 Å². The van der Waals surface area contributed by atoms with E-state index in [1.165, 1.54) is 37.7 Å². The number of carbonyl (C=O) groups is 2. The van der Waals surface area contributed by atoms with Crippen LogP contribution in [0.2, 0.25) is 5.02 Å². The molecule has 11 nitrogen and oxygen atoms in total. The average Bonchev–Trinajstić information content (AvgIpc) is 3.79. The van der Waals surface area contributed by atoms with Crippen LogP contribution in [0.5, 0.6) is 0 Å². The first-order chi connectivity index (χ1) is 26.9. The zero-order valence-electron chi connectivity index (χ0n) is 31.9. The Hall–Kier alpha value is -5.44. The number of benzene rings is 2. The number of aryl methyl sites for hydroxylation is 1. The minimum Gasteiger partial charge on any atom is -0.378 e. The van der Waals surface area contributed by atoms with Gasteiger partial charge in [0.25, 0.3) is 17.9 Å². The van der Waals surface area contributed by atoms with Gasteiger partial charge in [0.15, 0.2) is 0 Å². The number of H-pyrrole nitrogens is 1. The molecule has 6 rings (SSSR count). The molecule has 3 heterocycles. The van der Waals surface area contributed by atoms with Gasteiger partial charge in [0.05, 0.1) is 27.7 Å². The summed E-state index contributed by atoms with van der Waals surface area (Å²) < 4.78 is 88.0. The maximum atomic E-state index is 14.9. The molecule has 57 heavy (non-hydrogen) atoms. The minimum absolute atomic E-state index is 0.0668. The molecule has 306 valence electrons. The predicted octanol–water partition coefficient (Wildman–Crippen LogP) is 6.67. The van der Waals surface area contributed by atoms with Crippen molar-refractivity contribution in [2.75, 3.05) is 7.05 Å². The van der Waals surface area contributed by atoms with E-state index in [0.29, 0.717) is 27.4 Å². The van der Waals surface area contributed by atoms with Crippen molar-refractivity contribution in [1.82, 2.24) is 29.9 Å². The number of aromatic nitrogens is 5. The fourth-order valence-corrected chi connectivity index (χ4v) is 6.53. The van der Waals surface area contributed by atoms with Crippen LogP contribution in [0.4, 0.5) is 26.3 Å². The fraction of sp³-hybridized carbons (Fsp3) is 0.359. The number of aromatic amines is 1. The van der Waals surface area contributed by atoms with Gasteiger partial charge < -0.3 is 21.0 Å². The molecule has 0 bridgehead atoms. The zero-order valence-corrected chi connectivity index (χ0v) is 32.7. The molecular formula is C39H42ClF6N7O4. The van der Waals surface area contributed by atoms with Crippen LogP contribution in [0.15, 0.2) is 47.3 Å². The molecule has 3 aromatic heterocycles. The van der Waals surface area contributed by atoms with Crippen LogP contribution in [-0.4, -0.2) is 55.0 Å². The lowest BCUT2D eigenvalue weighted by molar-refractivity contribution is -0.122. The summed E-state index contributed by atoms with van der Waals surface area (Å²) >= 11 is 6.38. The van der Waals surface area contributed by atoms with Crippen molar-refractivity contribution in [3.8, 4) is 23.0 Å². The highest BCUT2D eigenvalue weighted by Gasteiger charge is 2.46. The molecule has 0 spiro atoms. The Morgan fingerprint density at radius 2 is 1.70 bits per heavy atom. The maximum absolute atomic E-state index is 14.9. The lowest BCUT2D eigenvalue weighted by Gasteiger charge is -2.23. The van der Waals surface area contributed by atoms with E-state index in [-0.39, 0.29) is 45.8 Å². The highest BCUT2D eigenvalue weighted by atomic mass is 35.5. The highest BCUT2D eigenvalue weighted by molar-refractivity contribution is 6.35. The third kappa shape index (κ3) is 10.5. The largest absolute Gasteiger partial charge is 0.378 e. The number of carbonyl (C=O) groups excluding carboxylic acids is 2. The molecule has 1 atom stereocenters. The van der Waals surface area contributed by atoms with E-state index >= 15 is 0 Å². The number of aliphatic hydroxyl groups is 1. The molecule has 0 saturated heterocycles. The number of fused-ring (bicyclic) bond motifs is 2. The molecule has 1 aliphatic rings. The van der Waals surface area contributed by atoms with Crippen LogP contribution in [-0.2, 0) is 41.9 Å². The molecule has 1 aliphatic carbocycles. The molecule has 0 radical (unpaired) electrons. The summed E-state index contributed by atoms with van der Waals surface area (Å²) in [5.74, 6) is -0.904. The molecule has 0 saturated carbocycles. The van der Waals surface area contributed by atoms with Crippen molar-refractivity contribution in [1.29, 1.82) is 0 Å². The summed E-state index contributed by atoms with van der Waals surface area (Å²) in [4.78, 5) is 39.2. The van der Waals surface area contributed by atoms with Crippen LogP contribution in [0.3, 0.4) is 0 Å². The first-order valence-corrected chi connectivity index (χ1v) is 17.8. The van der Waals surface area contributed by atoms with E-state index in [4.69, 9.17) is 16.4 Å². The van der Waals surface area contributed by atoms with Crippen LogP contribution in [0.25, 0.3) is 22.0 Å². The normalized spacial score (nSPS) is 13.2. The third-order valence-electron chi connectivity index (χ3n) is 8.31. The Kier molecular flexibility index (Phi) is 15.4. The fourth-order valence-electron chi connectivity index (χ4n) is 6.29. The lowest BCUT2D eigenvalue weighted by Crippen LogP contribution is -2.35. The van der Waals surface area contributed by atoms with Gasteiger partial charge in [-0.1, -0.05) is 37.4 Å². The quantitative estimate of drug-likeness (QED) is 0.100. The number of halogens is 7. The van der Waals surface area contributed by atoms with Crippen LogP contribution in [0.1, 0.15) is 80.5 Å². The number of nitrogens with one attached hydrogen (secondary N) is 2. The third-order valence-corrected chi connectivity index (χ3v) is 8.63. The average molecular weight is 822 g/mol. The number of nitrogens with zero attached hydrogens (tertiary/aromatic N) is 4. The molecule has 0 unspecified atom stereocenters. The smallest absolute Gasteiger partial charge is 0.290 e. The molecule has 0 fully saturated rings. The van der Waals surface area contributed by atoms with E-state index in [1.807, 2.05) is 20.6 Å². The van der Waals surface area contributed by atoms with E-state index in [1.54, 1.807) is 19.2 Å². The van der Waals surface area contributed by atoms with Crippen molar-refractivity contribution in [3.63, 3.8) is 0 Å². The van der Waals surface area contributed by atoms with Crippen molar-refractivity contribution in [3.05, 3.63) is 103 Å². The molecule has 18 heteroatoms. The Morgan fingerprint density at radius 3 is 2.30 bits per heavy atom. The van der Waals surface area contributed by atoms with E-state index in [0.717, 1.165) is 12.1 Å². The second kappa shape index (κ2) is 19.1. The number of rotatable bonds is 8. The van der Waals surface area contributed by atoms with Gasteiger partial charge in [-0.25, -0.2) is 22.5 Å². The molecular weight excluding hydrogens is 780 g/mol. The van der Waals surface area contributed by atoms with Crippen LogP contribution < -0.4 is 16.6 Å². The Labute approximate surface area is 329 Å². The number of nitrogens with two attached hydrogens (primary N) is 1. The Bertz CT molecular complexity index is 2320. The monoisotopic (exact) mass is 821 g/mol. The number of hydrogen-bond acceptors (Lipinski definition) is 7. The van der Waals surface area contributed by atoms with Crippen molar-refractivity contribution >= 4 is 35.2 Å². The number of hydrogen-bond donors (Lipinski definition) is 4. The topological polar surface area (TPSA) is 161 Å². The second-order valence-electron chi connectivity index (χ2n) is 12.7. The van der Waals surface area contributed by atoms with Gasteiger partial charge in [0, 0.05) is 36.2 Å². The van der Waals surface area contributed by atoms with Gasteiger partial charge >= 0.3 is 0 Å². The molecule has 0 aliphatic heterocycles. The zero-order chi connectivity index (χ0) is 43.0. The summed E-state index contributed by atoms with van der Waals surface area (Å²) in [6.07, 6.45) is -4.53. The van der Waals surface area contributed by atoms with Crippen LogP contribution in [0, 0.1) is 23.5 Å². The first kappa shape index (κ1) is 45.9. The van der Waals surface area contributed by atoms with Crippen molar-refractivity contribution in [2.45, 2.75) is 77.5 Å². The molecule has 5 N–H and O–H groups in total. The maximum Gasteiger partial charge on any atom is 0.290 e. The van der Waals surface area contributed by atoms with Gasteiger partial charge in [-0.05, 0) is 75.6 Å². The standard InChI is InChI=1S/C35H29ClF6N6O3.C2H6.CH5N.CH2O/c1-34(2,51)10-8-20-4-5-21(22-6-7-24(36)27-30(22)47(3)46-33(27)50)28(43-20)25(14-17-12-18(37)15-19(38)13-17)44-26(49)16-48-31-23(9-11-35(31,41)42)29(45-48)32(39)40;3*1-2/h4-7,12-13,15,25,32,51H,9,11,14,16H2,1-3H3,(H,44,49)(H,46,50);1-2H3;2H2,1H3;1H2/t25-;;;/m0.../s1. The highest BCUT2D eigenvalue weighted by Crippen LogP contribution is 2.45. The van der Waals surface area contributed by atoms with E-state index in [9.17, 15) is 41.0 Å². The van der Waals surface area contributed by atoms with E-state index in [2.05, 4.69) is 38.1 Å². The summed E-state index contributed by atoms with van der Waals surface area (Å²) in [6.45, 7) is 8.00. The second-order valence-corrected chi connectivity index (χ2v) is 13.1. The van der Waals surface area contributed by atoms with Crippen molar-refractivity contribution in [2.24, 2.45) is 12.8 Å². The number of amides is 1.